The third kappa shape index (κ3) is 2.94. The van der Waals surface area contributed by atoms with E-state index in [1.54, 1.807) is 6.07 Å². The Kier molecular flexibility index (Phi) is 4.18. The van der Waals surface area contributed by atoms with Gasteiger partial charge >= 0.3 is 0 Å². The monoisotopic (exact) mass is 350 g/mol. The molecule has 0 saturated heterocycles. The van der Waals surface area contributed by atoms with E-state index in [4.69, 9.17) is 11.6 Å². The lowest BCUT2D eigenvalue weighted by Gasteiger charge is -2.15. The zero-order chi connectivity index (χ0) is 14.2. The lowest BCUT2D eigenvalue weighted by Crippen LogP contribution is -2.07. The lowest BCUT2D eigenvalue weighted by atomic mass is 10.0. The summed E-state index contributed by atoms with van der Waals surface area (Å²) in [6, 6.07) is 5.51. The summed E-state index contributed by atoms with van der Waals surface area (Å²) in [5.74, 6) is -3.37. The molecule has 100 valence electrons. The van der Waals surface area contributed by atoms with Crippen LogP contribution in [0.1, 0.15) is 17.2 Å². The van der Waals surface area contributed by atoms with Gasteiger partial charge in [-0.3, -0.25) is 0 Å². The van der Waals surface area contributed by atoms with Crippen LogP contribution < -0.4 is 0 Å². The van der Waals surface area contributed by atoms with Crippen LogP contribution in [0.2, 0.25) is 5.02 Å². The molecule has 1 nitrogen and oxygen atoms in total. The molecular weight excluding hydrogens is 344 g/mol. The van der Waals surface area contributed by atoms with Crippen molar-refractivity contribution in [1.29, 1.82) is 0 Å². The van der Waals surface area contributed by atoms with Gasteiger partial charge in [0.05, 0.1) is 5.56 Å². The van der Waals surface area contributed by atoms with Crippen LogP contribution in [-0.2, 0) is 0 Å². The summed E-state index contributed by atoms with van der Waals surface area (Å²) in [6.45, 7) is 0. The first kappa shape index (κ1) is 14.4. The highest BCUT2D eigenvalue weighted by Crippen LogP contribution is 2.33. The first-order valence-corrected chi connectivity index (χ1v) is 6.34. The van der Waals surface area contributed by atoms with Crippen LogP contribution in [0.15, 0.2) is 34.8 Å². The molecule has 0 aliphatic carbocycles. The summed E-state index contributed by atoms with van der Waals surface area (Å²) in [5.41, 5.74) is -0.500. The summed E-state index contributed by atoms with van der Waals surface area (Å²) in [6.07, 6.45) is -1.61. The van der Waals surface area contributed by atoms with Gasteiger partial charge in [-0.05, 0) is 12.1 Å². The summed E-state index contributed by atoms with van der Waals surface area (Å²) in [4.78, 5) is 0. The van der Waals surface area contributed by atoms with E-state index in [0.29, 0.717) is 16.6 Å². The van der Waals surface area contributed by atoms with Gasteiger partial charge in [-0.1, -0.05) is 33.6 Å². The van der Waals surface area contributed by atoms with Crippen LogP contribution in [0.3, 0.4) is 0 Å². The van der Waals surface area contributed by atoms with E-state index >= 15 is 0 Å². The van der Waals surface area contributed by atoms with Gasteiger partial charge in [0, 0.05) is 27.2 Å². The van der Waals surface area contributed by atoms with Crippen LogP contribution in [0, 0.1) is 17.5 Å². The van der Waals surface area contributed by atoms with Crippen molar-refractivity contribution in [2.45, 2.75) is 6.10 Å². The van der Waals surface area contributed by atoms with Crippen molar-refractivity contribution in [3.63, 3.8) is 0 Å². The van der Waals surface area contributed by atoms with Crippen LogP contribution >= 0.6 is 27.5 Å². The second-order valence-electron chi connectivity index (χ2n) is 3.85. The average Bonchev–Trinajstić information content (AvgIpc) is 2.26. The molecule has 0 aliphatic rings. The first-order valence-electron chi connectivity index (χ1n) is 5.17. The van der Waals surface area contributed by atoms with E-state index in [-0.39, 0.29) is 10.6 Å². The van der Waals surface area contributed by atoms with Crippen molar-refractivity contribution in [1.82, 2.24) is 0 Å². The highest BCUT2D eigenvalue weighted by Gasteiger charge is 2.22. The Balaban J connectivity index is 2.53. The van der Waals surface area contributed by atoms with Gasteiger partial charge in [-0.25, -0.2) is 13.2 Å². The van der Waals surface area contributed by atoms with E-state index in [1.165, 1.54) is 12.1 Å². The average molecular weight is 352 g/mol. The molecule has 0 bridgehead atoms. The van der Waals surface area contributed by atoms with Crippen molar-refractivity contribution < 1.29 is 18.3 Å². The van der Waals surface area contributed by atoms with Crippen molar-refractivity contribution >= 4 is 27.5 Å². The largest absolute Gasteiger partial charge is 0.383 e. The summed E-state index contributed by atoms with van der Waals surface area (Å²) in [5, 5.41) is 10.2. The van der Waals surface area contributed by atoms with E-state index in [0.717, 1.165) is 0 Å². The predicted molar refractivity (Wildman–Crippen MR) is 69.5 cm³/mol. The van der Waals surface area contributed by atoms with Crippen molar-refractivity contribution in [2.24, 2.45) is 0 Å². The fourth-order valence-electron chi connectivity index (χ4n) is 1.69. The van der Waals surface area contributed by atoms with Crippen LogP contribution in [0.4, 0.5) is 13.2 Å². The number of hydrogen-bond acceptors (Lipinski definition) is 1. The first-order chi connectivity index (χ1) is 8.90. The number of halogens is 5. The SMILES string of the molecule is OC(c1ccc(Br)cc1Cl)c1c(F)cc(F)cc1F. The van der Waals surface area contributed by atoms with Crippen molar-refractivity contribution in [2.75, 3.05) is 0 Å². The molecule has 0 saturated carbocycles. The topological polar surface area (TPSA) is 20.2 Å². The van der Waals surface area contributed by atoms with E-state index in [9.17, 15) is 18.3 Å². The Hall–Kier alpha value is -1.04. The molecule has 19 heavy (non-hydrogen) atoms. The molecule has 1 atom stereocenters. The normalized spacial score (nSPS) is 12.5. The van der Waals surface area contributed by atoms with Gasteiger partial charge < -0.3 is 5.11 Å². The fourth-order valence-corrected chi connectivity index (χ4v) is 2.47. The molecule has 0 spiro atoms. The molecule has 0 amide bonds. The minimum absolute atomic E-state index is 0.134. The molecule has 6 heteroatoms. The minimum atomic E-state index is -1.61. The Morgan fingerprint density at radius 1 is 1.05 bits per heavy atom. The Morgan fingerprint density at radius 3 is 2.16 bits per heavy atom. The van der Waals surface area contributed by atoms with E-state index in [2.05, 4.69) is 15.9 Å². The number of benzene rings is 2. The summed E-state index contributed by atoms with van der Waals surface area (Å²) in [7, 11) is 0. The Labute approximate surface area is 120 Å². The number of aliphatic hydroxyl groups excluding tert-OH is 1. The van der Waals surface area contributed by atoms with Gasteiger partial charge in [0.1, 0.15) is 23.6 Å². The van der Waals surface area contributed by atoms with Crippen LogP contribution in [-0.4, -0.2) is 5.11 Å². The third-order valence-corrected chi connectivity index (χ3v) is 3.39. The van der Waals surface area contributed by atoms with Gasteiger partial charge in [0.25, 0.3) is 0 Å². The quantitative estimate of drug-likeness (QED) is 0.838. The van der Waals surface area contributed by atoms with Gasteiger partial charge in [0.15, 0.2) is 0 Å². The maximum Gasteiger partial charge on any atom is 0.135 e. The number of aliphatic hydroxyl groups is 1. The predicted octanol–water partition coefficient (Wildman–Crippen LogP) is 4.60. The Bertz CT molecular complexity index is 610. The molecule has 2 rings (SSSR count). The van der Waals surface area contributed by atoms with Gasteiger partial charge in [0.2, 0.25) is 0 Å². The maximum atomic E-state index is 13.6. The zero-order valence-electron chi connectivity index (χ0n) is 9.30. The minimum Gasteiger partial charge on any atom is -0.383 e. The molecule has 0 fully saturated rings. The summed E-state index contributed by atoms with van der Waals surface area (Å²) >= 11 is 9.08. The van der Waals surface area contributed by atoms with Gasteiger partial charge in [-0.2, -0.15) is 0 Å². The molecule has 0 heterocycles. The smallest absolute Gasteiger partial charge is 0.135 e. The molecule has 1 unspecified atom stereocenters. The second-order valence-corrected chi connectivity index (χ2v) is 5.17. The molecular formula is C13H7BrClF3O. The third-order valence-electron chi connectivity index (χ3n) is 2.57. The van der Waals surface area contributed by atoms with E-state index in [1.807, 2.05) is 0 Å². The molecule has 0 aromatic heterocycles. The molecule has 0 aliphatic heterocycles. The van der Waals surface area contributed by atoms with Crippen LogP contribution in [0.5, 0.6) is 0 Å². The standard InChI is InChI=1S/C13H7BrClF3O/c14-6-1-2-8(9(15)3-6)13(19)12-10(17)4-7(16)5-11(12)18/h1-5,13,19H. The lowest BCUT2D eigenvalue weighted by molar-refractivity contribution is 0.208. The van der Waals surface area contributed by atoms with Crippen molar-refractivity contribution in [3.05, 3.63) is 68.4 Å². The number of hydrogen-bond donors (Lipinski definition) is 1. The molecule has 0 radical (unpaired) electrons. The van der Waals surface area contributed by atoms with E-state index < -0.39 is 29.1 Å². The fraction of sp³-hybridized carbons (Fsp3) is 0.0769. The van der Waals surface area contributed by atoms with Gasteiger partial charge in [-0.15, -0.1) is 0 Å². The highest BCUT2D eigenvalue weighted by atomic mass is 79.9. The second kappa shape index (κ2) is 5.53. The summed E-state index contributed by atoms with van der Waals surface area (Å²) < 4.78 is 40.6. The molecule has 2 aromatic carbocycles. The molecule has 2 aromatic rings. The number of rotatable bonds is 2. The highest BCUT2D eigenvalue weighted by molar-refractivity contribution is 9.10. The Morgan fingerprint density at radius 2 is 1.63 bits per heavy atom. The van der Waals surface area contributed by atoms with Crippen molar-refractivity contribution in [3.8, 4) is 0 Å². The maximum absolute atomic E-state index is 13.6. The molecule has 1 N–H and O–H groups in total. The zero-order valence-corrected chi connectivity index (χ0v) is 11.6. The van der Waals surface area contributed by atoms with Crippen LogP contribution in [0.25, 0.3) is 0 Å².